The molecule has 11 heteroatoms. The van der Waals surface area contributed by atoms with Crippen LogP contribution < -0.4 is 15.0 Å². The van der Waals surface area contributed by atoms with E-state index in [-0.39, 0.29) is 12.4 Å². The van der Waals surface area contributed by atoms with Crippen molar-refractivity contribution < 1.29 is 23.2 Å². The Balaban J connectivity index is 1.76. The third kappa shape index (κ3) is 5.88. The molecule has 3 aromatic heterocycles. The van der Waals surface area contributed by atoms with Crippen LogP contribution in [0.1, 0.15) is 44.1 Å². The lowest BCUT2D eigenvalue weighted by Crippen LogP contribution is -2.50. The maximum absolute atomic E-state index is 13.9. The summed E-state index contributed by atoms with van der Waals surface area (Å²) in [5, 5.41) is 15.3. The summed E-state index contributed by atoms with van der Waals surface area (Å²) in [6.07, 6.45) is 0. The number of methoxy groups -OCH3 is 1. The van der Waals surface area contributed by atoms with E-state index in [0.29, 0.717) is 34.5 Å². The average molecular weight is 507 g/mol. The van der Waals surface area contributed by atoms with Crippen LogP contribution in [0, 0.1) is 13.8 Å². The number of hydrogen-bond donors (Lipinski definition) is 1. The Bertz CT molecular complexity index is 1400. The molecule has 4 aromatic rings. The molecular weight excluding hydrogens is 476 g/mol. The molecule has 0 aliphatic carbocycles. The quantitative estimate of drug-likeness (QED) is 0.382. The van der Waals surface area contributed by atoms with Gasteiger partial charge in [0.25, 0.3) is 11.8 Å². The van der Waals surface area contributed by atoms with E-state index in [1.54, 1.807) is 55.5 Å². The van der Waals surface area contributed by atoms with Crippen molar-refractivity contribution >= 4 is 17.5 Å². The minimum Gasteiger partial charge on any atom is -0.495 e. The van der Waals surface area contributed by atoms with Crippen LogP contribution in [0.5, 0.6) is 5.75 Å². The van der Waals surface area contributed by atoms with Crippen molar-refractivity contribution in [2.75, 3.05) is 12.0 Å². The standard InChI is InChI=1S/C26H30N6O5/c1-16-11-13-20(36-16)23(25(34)27-26(3,4)5)32(18-9-7-8-10-19(18)35-6)22(33)15-31-29-24(28-30-31)21-14-12-17(2)37-21/h7-14,23H,15H2,1-6H3,(H,27,34)/t23-/m0/s1. The third-order valence-electron chi connectivity index (χ3n) is 5.34. The molecule has 37 heavy (non-hydrogen) atoms. The lowest BCUT2D eigenvalue weighted by atomic mass is 10.1. The van der Waals surface area contributed by atoms with E-state index < -0.39 is 23.4 Å². The number of furan rings is 2. The van der Waals surface area contributed by atoms with Crippen LogP contribution in [-0.4, -0.2) is 44.7 Å². The molecule has 0 fully saturated rings. The smallest absolute Gasteiger partial charge is 0.251 e. The number of nitrogens with zero attached hydrogens (tertiary/aromatic N) is 5. The fourth-order valence-electron chi connectivity index (χ4n) is 3.82. The van der Waals surface area contributed by atoms with Gasteiger partial charge in [-0.15, -0.1) is 10.2 Å². The number of para-hydroxylation sites is 2. The van der Waals surface area contributed by atoms with Gasteiger partial charge in [-0.1, -0.05) is 12.1 Å². The number of tetrazole rings is 1. The molecule has 0 radical (unpaired) electrons. The molecule has 0 saturated heterocycles. The van der Waals surface area contributed by atoms with Crippen LogP contribution in [0.15, 0.2) is 57.4 Å². The fourth-order valence-corrected chi connectivity index (χ4v) is 3.82. The molecule has 3 heterocycles. The highest BCUT2D eigenvalue weighted by Gasteiger charge is 2.38. The number of hydrogen-bond acceptors (Lipinski definition) is 8. The van der Waals surface area contributed by atoms with Gasteiger partial charge in [-0.05, 0) is 76.2 Å². The number of rotatable bonds is 8. The predicted molar refractivity (Wildman–Crippen MR) is 135 cm³/mol. The van der Waals surface area contributed by atoms with Gasteiger partial charge in [-0.3, -0.25) is 14.5 Å². The number of ether oxygens (including phenoxy) is 1. The number of benzene rings is 1. The summed E-state index contributed by atoms with van der Waals surface area (Å²) < 4.78 is 17.0. The molecule has 0 unspecified atom stereocenters. The second kappa shape index (κ2) is 10.3. The Morgan fingerprint density at radius 1 is 1.05 bits per heavy atom. The highest BCUT2D eigenvalue weighted by Crippen LogP contribution is 2.36. The Kier molecular flexibility index (Phi) is 7.14. The number of carbonyl (C=O) groups excluding carboxylic acids is 2. The summed E-state index contributed by atoms with van der Waals surface area (Å²) in [7, 11) is 1.50. The Morgan fingerprint density at radius 2 is 1.76 bits per heavy atom. The molecule has 4 rings (SSSR count). The minimum absolute atomic E-state index is 0.244. The van der Waals surface area contributed by atoms with Crippen LogP contribution in [0.3, 0.4) is 0 Å². The number of nitrogens with one attached hydrogen (secondary N) is 1. The zero-order chi connectivity index (χ0) is 26.7. The first-order valence-corrected chi connectivity index (χ1v) is 11.7. The summed E-state index contributed by atoms with van der Waals surface area (Å²) in [5.74, 6) is 1.80. The first-order chi connectivity index (χ1) is 17.6. The molecule has 1 N–H and O–H groups in total. The van der Waals surface area contributed by atoms with E-state index >= 15 is 0 Å². The van der Waals surface area contributed by atoms with Gasteiger partial charge in [-0.2, -0.15) is 4.80 Å². The van der Waals surface area contributed by atoms with E-state index in [1.807, 2.05) is 27.7 Å². The number of aryl methyl sites for hydroxylation is 2. The maximum Gasteiger partial charge on any atom is 0.251 e. The van der Waals surface area contributed by atoms with Gasteiger partial charge in [0.05, 0.1) is 12.8 Å². The topological polar surface area (TPSA) is 129 Å². The molecule has 0 spiro atoms. The van der Waals surface area contributed by atoms with Gasteiger partial charge in [0.2, 0.25) is 5.82 Å². The van der Waals surface area contributed by atoms with E-state index in [4.69, 9.17) is 13.6 Å². The van der Waals surface area contributed by atoms with E-state index in [2.05, 4.69) is 20.7 Å². The second-order valence-corrected chi connectivity index (χ2v) is 9.58. The van der Waals surface area contributed by atoms with Crippen molar-refractivity contribution in [2.24, 2.45) is 0 Å². The highest BCUT2D eigenvalue weighted by molar-refractivity contribution is 6.02. The van der Waals surface area contributed by atoms with Gasteiger partial charge in [0, 0.05) is 5.54 Å². The van der Waals surface area contributed by atoms with Gasteiger partial charge < -0.3 is 18.9 Å². The van der Waals surface area contributed by atoms with Crippen molar-refractivity contribution in [3.63, 3.8) is 0 Å². The van der Waals surface area contributed by atoms with Crippen LogP contribution in [0.25, 0.3) is 11.6 Å². The largest absolute Gasteiger partial charge is 0.495 e. The second-order valence-electron chi connectivity index (χ2n) is 9.58. The summed E-state index contributed by atoms with van der Waals surface area (Å²) in [4.78, 5) is 30.1. The van der Waals surface area contributed by atoms with E-state index in [0.717, 1.165) is 4.80 Å². The SMILES string of the molecule is COc1ccccc1N(C(=O)Cn1nnc(-c2ccc(C)o2)n1)[C@H](C(=O)NC(C)(C)C)c1ccc(C)o1. The molecule has 2 amide bonds. The Labute approximate surface area is 214 Å². The third-order valence-corrected chi connectivity index (χ3v) is 5.34. The molecule has 0 bridgehead atoms. The van der Waals surface area contributed by atoms with Crippen molar-refractivity contribution in [3.8, 4) is 17.3 Å². The number of anilines is 1. The summed E-state index contributed by atoms with van der Waals surface area (Å²) in [6.45, 7) is 8.87. The van der Waals surface area contributed by atoms with Crippen LogP contribution in [-0.2, 0) is 16.1 Å². The molecule has 194 valence electrons. The summed E-state index contributed by atoms with van der Waals surface area (Å²) in [5.41, 5.74) is -0.171. The van der Waals surface area contributed by atoms with Gasteiger partial charge >= 0.3 is 0 Å². The molecule has 0 aliphatic rings. The zero-order valence-corrected chi connectivity index (χ0v) is 21.7. The number of aromatic nitrogens is 4. The first-order valence-electron chi connectivity index (χ1n) is 11.7. The first kappa shape index (κ1) is 25.7. The van der Waals surface area contributed by atoms with Crippen LogP contribution in [0.4, 0.5) is 5.69 Å². The molecule has 0 saturated carbocycles. The number of amides is 2. The van der Waals surface area contributed by atoms with Crippen molar-refractivity contribution in [3.05, 3.63) is 65.8 Å². The molecular formula is C26H30N6O5. The summed E-state index contributed by atoms with van der Waals surface area (Å²) >= 11 is 0. The molecule has 11 nitrogen and oxygen atoms in total. The average Bonchev–Trinajstić information content (AvgIpc) is 3.57. The van der Waals surface area contributed by atoms with E-state index in [1.165, 1.54) is 12.0 Å². The Morgan fingerprint density at radius 3 is 2.38 bits per heavy atom. The highest BCUT2D eigenvalue weighted by atomic mass is 16.5. The number of carbonyl (C=O) groups is 2. The van der Waals surface area contributed by atoms with Gasteiger partial charge in [-0.25, -0.2) is 0 Å². The van der Waals surface area contributed by atoms with Crippen molar-refractivity contribution in [1.82, 2.24) is 25.5 Å². The summed E-state index contributed by atoms with van der Waals surface area (Å²) in [6, 6.07) is 12.8. The van der Waals surface area contributed by atoms with Crippen molar-refractivity contribution in [2.45, 2.75) is 52.7 Å². The van der Waals surface area contributed by atoms with Crippen LogP contribution in [0.2, 0.25) is 0 Å². The molecule has 0 aliphatic heterocycles. The normalized spacial score (nSPS) is 12.3. The minimum atomic E-state index is -1.13. The van der Waals surface area contributed by atoms with E-state index in [9.17, 15) is 9.59 Å². The molecule has 1 atom stereocenters. The Hall–Kier alpha value is -4.41. The monoisotopic (exact) mass is 506 g/mol. The lowest BCUT2D eigenvalue weighted by Gasteiger charge is -2.33. The lowest BCUT2D eigenvalue weighted by molar-refractivity contribution is -0.128. The van der Waals surface area contributed by atoms with Crippen LogP contribution >= 0.6 is 0 Å². The maximum atomic E-state index is 13.9. The fraction of sp³-hybridized carbons (Fsp3) is 0.346. The molecule has 1 aromatic carbocycles. The van der Waals surface area contributed by atoms with Gasteiger partial charge in [0.1, 0.15) is 29.6 Å². The predicted octanol–water partition coefficient (Wildman–Crippen LogP) is 3.84. The van der Waals surface area contributed by atoms with Crippen molar-refractivity contribution in [1.29, 1.82) is 0 Å². The zero-order valence-electron chi connectivity index (χ0n) is 21.7. The van der Waals surface area contributed by atoms with Gasteiger partial charge in [0.15, 0.2) is 11.8 Å².